The number of nitrogens with one attached hydrogen (secondary N) is 1. The normalized spacial score (nSPS) is 11.8. The van der Waals surface area contributed by atoms with Gasteiger partial charge in [0.25, 0.3) is 5.91 Å². The number of hydrogen-bond acceptors (Lipinski definition) is 8. The molecular formula is C29H46N6O3. The second-order valence-electron chi connectivity index (χ2n) is 11.1. The van der Waals surface area contributed by atoms with Gasteiger partial charge < -0.3 is 21.5 Å². The van der Waals surface area contributed by atoms with Crippen LogP contribution in [0.25, 0.3) is 0 Å². The first-order valence-corrected chi connectivity index (χ1v) is 12.7. The number of amides is 1. The van der Waals surface area contributed by atoms with Crippen molar-refractivity contribution in [2.75, 3.05) is 24.0 Å². The van der Waals surface area contributed by atoms with E-state index in [0.29, 0.717) is 33.8 Å². The molecule has 1 aromatic carbocycles. The number of rotatable bonds is 9. The van der Waals surface area contributed by atoms with E-state index in [4.69, 9.17) is 22.0 Å². The summed E-state index contributed by atoms with van der Waals surface area (Å²) in [5.74, 6) is 5.90. The highest BCUT2D eigenvalue weighted by atomic mass is 16.5. The number of anilines is 2. The van der Waals surface area contributed by atoms with Gasteiger partial charge in [-0.15, -0.1) is 0 Å². The molecule has 7 N–H and O–H groups in total. The quantitative estimate of drug-likeness (QED) is 0.207. The zero-order valence-corrected chi connectivity index (χ0v) is 24.4. The van der Waals surface area contributed by atoms with Crippen molar-refractivity contribution in [3.8, 4) is 5.75 Å². The number of aromatic nitrogens is 1. The highest BCUT2D eigenvalue weighted by Gasteiger charge is 2.21. The minimum absolute atomic E-state index is 0.00292. The summed E-state index contributed by atoms with van der Waals surface area (Å²) in [6, 6.07) is 7.36. The second kappa shape index (κ2) is 13.9. The van der Waals surface area contributed by atoms with Gasteiger partial charge >= 0.3 is 0 Å². The summed E-state index contributed by atoms with van der Waals surface area (Å²) in [6.45, 7) is 16.9. The number of hydrazine groups is 1. The van der Waals surface area contributed by atoms with Gasteiger partial charge in [-0.2, -0.15) is 0 Å². The van der Waals surface area contributed by atoms with E-state index in [1.165, 1.54) is 24.3 Å². The Bertz CT molecular complexity index is 1140. The molecule has 2 aromatic rings. The zero-order valence-electron chi connectivity index (χ0n) is 24.4. The van der Waals surface area contributed by atoms with E-state index in [1.54, 1.807) is 20.1 Å². The molecule has 0 spiro atoms. The third-order valence-corrected chi connectivity index (χ3v) is 6.29. The molecule has 9 heteroatoms. The number of Topliss-reactive ketones (excluding diaryl/α,β-unsaturated/α-hetero) is 1. The first-order valence-electron chi connectivity index (χ1n) is 12.7. The minimum Gasteiger partial charge on any atom is -0.495 e. The van der Waals surface area contributed by atoms with Crippen LogP contribution in [0.1, 0.15) is 82.9 Å². The molecule has 9 nitrogen and oxygen atoms in total. The van der Waals surface area contributed by atoms with Crippen molar-refractivity contribution in [2.24, 2.45) is 22.7 Å². The summed E-state index contributed by atoms with van der Waals surface area (Å²) < 4.78 is 5.42. The summed E-state index contributed by atoms with van der Waals surface area (Å²) in [5.41, 5.74) is 14.3. The van der Waals surface area contributed by atoms with Gasteiger partial charge in [0, 0.05) is 19.3 Å². The Morgan fingerprint density at radius 1 is 1.16 bits per heavy atom. The molecule has 1 amide bonds. The fourth-order valence-corrected chi connectivity index (χ4v) is 3.28. The van der Waals surface area contributed by atoms with Crippen molar-refractivity contribution in [3.63, 3.8) is 0 Å². The molecule has 210 valence electrons. The predicted octanol–water partition coefficient (Wildman–Crippen LogP) is 4.79. The fraction of sp³-hybridized carbons (Fsp3) is 0.483. The zero-order chi connectivity index (χ0) is 29.3. The van der Waals surface area contributed by atoms with Crippen LogP contribution in [0.3, 0.4) is 0 Å². The van der Waals surface area contributed by atoms with Gasteiger partial charge in [0.15, 0.2) is 5.78 Å². The lowest BCUT2D eigenvalue weighted by atomic mass is 9.82. The first-order chi connectivity index (χ1) is 17.6. The van der Waals surface area contributed by atoms with E-state index in [2.05, 4.69) is 51.8 Å². The van der Waals surface area contributed by atoms with Crippen molar-refractivity contribution >= 4 is 23.1 Å². The summed E-state index contributed by atoms with van der Waals surface area (Å²) in [4.78, 5) is 28.6. The van der Waals surface area contributed by atoms with Gasteiger partial charge in [-0.05, 0) is 60.9 Å². The average molecular weight is 527 g/mol. The molecule has 0 unspecified atom stereocenters. The molecule has 0 saturated carbocycles. The van der Waals surface area contributed by atoms with Crippen LogP contribution in [0.5, 0.6) is 5.75 Å². The molecule has 0 aliphatic heterocycles. The van der Waals surface area contributed by atoms with Crippen LogP contribution in [0.15, 0.2) is 42.4 Å². The maximum Gasteiger partial charge on any atom is 0.257 e. The Kier molecular flexibility index (Phi) is 11.9. The Morgan fingerprint density at radius 3 is 2.26 bits per heavy atom. The molecule has 0 saturated heterocycles. The number of hydrogen-bond donors (Lipinski definition) is 4. The average Bonchev–Trinajstić information content (AvgIpc) is 2.83. The summed E-state index contributed by atoms with van der Waals surface area (Å²) >= 11 is 0. The number of carbonyl (C=O) groups excluding carboxylic acids is 2. The molecule has 0 aliphatic carbocycles. The molecule has 2 rings (SSSR count). The molecule has 1 aromatic heterocycles. The number of aryl methyl sites for hydroxylation is 1. The maximum atomic E-state index is 13.0. The van der Waals surface area contributed by atoms with Crippen LogP contribution in [0.4, 0.5) is 11.4 Å². The van der Waals surface area contributed by atoms with E-state index in [1.807, 2.05) is 18.2 Å². The van der Waals surface area contributed by atoms with Gasteiger partial charge in [0.2, 0.25) is 0 Å². The number of carbonyl (C=O) groups is 2. The topological polar surface area (TPSA) is 150 Å². The van der Waals surface area contributed by atoms with E-state index in [9.17, 15) is 9.59 Å². The lowest BCUT2D eigenvalue weighted by molar-refractivity contribution is -0.113. The van der Waals surface area contributed by atoms with Crippen LogP contribution < -0.4 is 32.4 Å². The van der Waals surface area contributed by atoms with E-state index in [0.717, 1.165) is 24.9 Å². The van der Waals surface area contributed by atoms with Crippen molar-refractivity contribution < 1.29 is 14.3 Å². The first kappa shape index (κ1) is 32.6. The standard InChI is InChI=1S/C23H31N5O3.C6H15N/c1-7-23(4,5)17-8-9-21(31-6)19(11-17)27-22(30)16-10-20(14(2)26-12-16)28(25)13-18(24)15(3)29;1-6(2,3)4-5-7/h8-13H,7,24-25H2,1-6H3,(H,27,30);4-5,7H2,1-3H3/b18-13-;. The van der Waals surface area contributed by atoms with Crippen molar-refractivity contribution in [1.82, 2.24) is 4.98 Å². The third-order valence-electron chi connectivity index (χ3n) is 6.29. The Labute approximate surface area is 227 Å². The number of benzene rings is 1. The Balaban J connectivity index is 0.000000905. The van der Waals surface area contributed by atoms with Crippen LogP contribution in [0.2, 0.25) is 0 Å². The van der Waals surface area contributed by atoms with Crippen molar-refractivity contribution in [1.29, 1.82) is 0 Å². The number of ether oxygens (including phenoxy) is 1. The number of methoxy groups -OCH3 is 1. The smallest absolute Gasteiger partial charge is 0.257 e. The lowest BCUT2D eigenvalue weighted by Gasteiger charge is -2.24. The molecular weight excluding hydrogens is 480 g/mol. The Morgan fingerprint density at radius 2 is 1.79 bits per heavy atom. The van der Waals surface area contributed by atoms with Gasteiger partial charge in [-0.3, -0.25) is 19.6 Å². The number of allylic oxidation sites excluding steroid dienone is 1. The number of pyridine rings is 1. The molecule has 1 heterocycles. The van der Waals surface area contributed by atoms with Gasteiger partial charge in [0.05, 0.1) is 35.4 Å². The number of ketones is 1. The lowest BCUT2D eigenvalue weighted by Crippen LogP contribution is -2.28. The SMILES string of the molecule is CC(C)(C)CCN.CCC(C)(C)c1ccc(OC)c(NC(=O)c2cnc(C)c(N(N)/C=C(\N)C(C)=O)c2)c1. The summed E-state index contributed by atoms with van der Waals surface area (Å²) in [6.07, 6.45) is 4.83. The molecule has 38 heavy (non-hydrogen) atoms. The van der Waals surface area contributed by atoms with Crippen LogP contribution in [0, 0.1) is 12.3 Å². The third kappa shape index (κ3) is 9.79. The minimum atomic E-state index is -0.365. The highest BCUT2D eigenvalue weighted by Crippen LogP contribution is 2.34. The van der Waals surface area contributed by atoms with Gasteiger partial charge in [0.1, 0.15) is 5.75 Å². The molecule has 0 bridgehead atoms. The highest BCUT2D eigenvalue weighted by molar-refractivity contribution is 6.05. The monoisotopic (exact) mass is 526 g/mol. The predicted molar refractivity (Wildman–Crippen MR) is 156 cm³/mol. The Hall–Kier alpha value is -3.43. The molecule has 0 radical (unpaired) electrons. The van der Waals surface area contributed by atoms with Crippen molar-refractivity contribution in [3.05, 3.63) is 59.2 Å². The fourth-order valence-electron chi connectivity index (χ4n) is 3.28. The van der Waals surface area contributed by atoms with Crippen molar-refractivity contribution in [2.45, 2.75) is 73.6 Å². The number of nitrogens with zero attached hydrogens (tertiary/aromatic N) is 2. The largest absolute Gasteiger partial charge is 0.495 e. The van der Waals surface area contributed by atoms with Crippen LogP contribution in [-0.2, 0) is 10.2 Å². The summed E-state index contributed by atoms with van der Waals surface area (Å²) in [7, 11) is 1.55. The second-order valence-corrected chi connectivity index (χ2v) is 11.1. The molecule has 0 aliphatic rings. The number of nitrogens with two attached hydrogens (primary N) is 3. The van der Waals surface area contributed by atoms with Gasteiger partial charge in [-0.25, -0.2) is 5.84 Å². The molecule has 0 fully saturated rings. The summed E-state index contributed by atoms with van der Waals surface area (Å²) in [5, 5.41) is 4.08. The van der Waals surface area contributed by atoms with Gasteiger partial charge in [-0.1, -0.05) is 47.6 Å². The van der Waals surface area contributed by atoms with E-state index >= 15 is 0 Å². The maximum absolute atomic E-state index is 13.0. The van der Waals surface area contributed by atoms with E-state index in [-0.39, 0.29) is 22.8 Å². The van der Waals surface area contributed by atoms with E-state index < -0.39 is 0 Å². The van der Waals surface area contributed by atoms with Crippen LogP contribution in [-0.4, -0.2) is 30.3 Å². The van der Waals surface area contributed by atoms with Crippen LogP contribution >= 0.6 is 0 Å². The molecule has 0 atom stereocenters.